The molecular weight excluding hydrogens is 574 g/mol. The first kappa shape index (κ1) is 30.3. The number of nitrogens with zero attached hydrogens (tertiary/aromatic N) is 4. The van der Waals surface area contributed by atoms with Crippen molar-refractivity contribution in [2.45, 2.75) is 45.8 Å². The molecule has 0 saturated carbocycles. The predicted octanol–water partition coefficient (Wildman–Crippen LogP) is 4.53. The molecule has 0 aliphatic heterocycles. The number of carbonyl (C=O) groups excluding carboxylic acids is 1. The number of benzene rings is 2. The molecule has 0 spiro atoms. The number of pyridine rings is 1. The topological polar surface area (TPSA) is 144 Å². The Hall–Kier alpha value is -5.17. The maximum Gasteiger partial charge on any atom is 0.335 e. The summed E-state index contributed by atoms with van der Waals surface area (Å²) < 4.78 is 36.7. The zero-order valence-electron chi connectivity index (χ0n) is 24.4. The molecule has 3 N–H and O–H groups in total. The molecule has 0 aliphatic rings. The number of ether oxygens (including phenoxy) is 1. The molecule has 11 nitrogen and oxygen atoms in total. The van der Waals surface area contributed by atoms with Crippen molar-refractivity contribution >= 4 is 22.6 Å². The summed E-state index contributed by atoms with van der Waals surface area (Å²) >= 11 is 0. The summed E-state index contributed by atoms with van der Waals surface area (Å²) in [6.07, 6.45) is 2.34. The van der Waals surface area contributed by atoms with Crippen molar-refractivity contribution in [3.05, 3.63) is 105 Å². The van der Waals surface area contributed by atoms with E-state index < -0.39 is 40.3 Å². The van der Waals surface area contributed by atoms with Crippen molar-refractivity contribution in [2.75, 3.05) is 11.9 Å². The van der Waals surface area contributed by atoms with Crippen LogP contribution in [0.25, 0.3) is 16.7 Å². The van der Waals surface area contributed by atoms with Crippen LogP contribution < -0.4 is 21.3 Å². The number of halogens is 2. The normalized spacial score (nSPS) is 11.7. The van der Waals surface area contributed by atoms with Gasteiger partial charge in [-0.3, -0.25) is 19.3 Å². The van der Waals surface area contributed by atoms with Gasteiger partial charge >= 0.3 is 5.69 Å². The molecule has 5 aromatic rings. The lowest BCUT2D eigenvalue weighted by Crippen LogP contribution is -2.42. The largest absolute Gasteiger partial charge is 0.453 e. The number of aromatic amines is 1. The number of hydrogen-bond acceptors (Lipinski definition) is 8. The van der Waals surface area contributed by atoms with Crippen molar-refractivity contribution < 1.29 is 23.4 Å². The highest BCUT2D eigenvalue weighted by Crippen LogP contribution is 2.34. The smallest absolute Gasteiger partial charge is 0.335 e. The Bertz CT molecular complexity index is 1970. The van der Waals surface area contributed by atoms with Crippen molar-refractivity contribution in [3.63, 3.8) is 0 Å². The van der Waals surface area contributed by atoms with E-state index in [4.69, 9.17) is 4.74 Å². The van der Waals surface area contributed by atoms with Crippen LogP contribution in [0.1, 0.15) is 49.7 Å². The third kappa shape index (κ3) is 6.27. The Balaban J connectivity index is 1.42. The fraction of sp³-hybridized carbons (Fsp3) is 0.258. The van der Waals surface area contributed by atoms with E-state index in [2.05, 4.69) is 20.5 Å². The van der Waals surface area contributed by atoms with Gasteiger partial charge < -0.3 is 15.2 Å². The quantitative estimate of drug-likeness (QED) is 0.197. The third-order valence-electron chi connectivity index (χ3n) is 6.75. The van der Waals surface area contributed by atoms with Gasteiger partial charge in [-0.2, -0.15) is 5.10 Å². The van der Waals surface area contributed by atoms with Crippen molar-refractivity contribution in [1.29, 1.82) is 0 Å². The maximum absolute atomic E-state index is 15.3. The maximum atomic E-state index is 15.3. The molecule has 228 valence electrons. The average Bonchev–Trinajstić information content (AvgIpc) is 3.38. The van der Waals surface area contributed by atoms with Gasteiger partial charge in [0.2, 0.25) is 0 Å². The van der Waals surface area contributed by atoms with Gasteiger partial charge in [0.05, 0.1) is 11.3 Å². The van der Waals surface area contributed by atoms with Gasteiger partial charge in [-0.1, -0.05) is 6.07 Å². The summed E-state index contributed by atoms with van der Waals surface area (Å²) in [5.74, 6) is -1.45. The molecule has 5 rings (SSSR count). The Labute approximate surface area is 249 Å². The first-order valence-corrected chi connectivity index (χ1v) is 13.8. The molecule has 0 amide bonds. The first-order chi connectivity index (χ1) is 20.8. The Morgan fingerprint density at radius 2 is 1.82 bits per heavy atom. The van der Waals surface area contributed by atoms with Gasteiger partial charge in [0.15, 0.2) is 28.8 Å². The highest BCUT2D eigenvalue weighted by molar-refractivity contribution is 5.97. The minimum Gasteiger partial charge on any atom is -0.453 e. The van der Waals surface area contributed by atoms with E-state index >= 15 is 4.39 Å². The number of aromatic nitrogens is 5. The third-order valence-corrected chi connectivity index (χ3v) is 6.75. The number of rotatable bonds is 10. The van der Waals surface area contributed by atoms with Crippen LogP contribution >= 0.6 is 0 Å². The lowest BCUT2D eigenvalue weighted by molar-refractivity contribution is 0.0943. The van der Waals surface area contributed by atoms with Crippen molar-refractivity contribution in [1.82, 2.24) is 24.3 Å². The summed E-state index contributed by atoms with van der Waals surface area (Å²) in [4.78, 5) is 44.0. The monoisotopic (exact) mass is 604 g/mol. The van der Waals surface area contributed by atoms with Crippen LogP contribution in [0.15, 0.2) is 70.5 Å². The van der Waals surface area contributed by atoms with Crippen molar-refractivity contribution in [2.24, 2.45) is 0 Å². The van der Waals surface area contributed by atoms with Crippen LogP contribution in [0, 0.1) is 11.6 Å². The van der Waals surface area contributed by atoms with Crippen molar-refractivity contribution in [3.8, 4) is 17.2 Å². The Morgan fingerprint density at radius 1 is 1.09 bits per heavy atom. The molecule has 0 atom stereocenters. The van der Waals surface area contributed by atoms with Crippen LogP contribution in [0.5, 0.6) is 11.5 Å². The summed E-state index contributed by atoms with van der Waals surface area (Å²) in [6, 6.07) is 9.91. The number of H-pyrrole nitrogens is 1. The minimum absolute atomic E-state index is 0.110. The lowest BCUT2D eigenvalue weighted by Gasteiger charge is -2.17. The Morgan fingerprint density at radius 3 is 2.48 bits per heavy atom. The van der Waals surface area contributed by atoms with Gasteiger partial charge in [-0.25, -0.2) is 23.1 Å². The summed E-state index contributed by atoms with van der Waals surface area (Å²) in [5.41, 5.74) is -2.06. The van der Waals surface area contributed by atoms with E-state index in [-0.39, 0.29) is 41.3 Å². The predicted molar refractivity (Wildman–Crippen MR) is 160 cm³/mol. The summed E-state index contributed by atoms with van der Waals surface area (Å²) in [5, 5.41) is 20.5. The number of aliphatic hydroxyl groups is 1. The zero-order valence-corrected chi connectivity index (χ0v) is 24.4. The molecule has 3 aromatic heterocycles. The number of fused-ring (bicyclic) bond motifs is 1. The molecule has 2 aromatic carbocycles. The van der Waals surface area contributed by atoms with Crippen LogP contribution in [-0.2, 0) is 6.42 Å². The number of carbonyl (C=O) groups is 1. The fourth-order valence-corrected chi connectivity index (χ4v) is 4.52. The molecule has 44 heavy (non-hydrogen) atoms. The molecule has 0 fully saturated rings. The van der Waals surface area contributed by atoms with Crippen LogP contribution in [0.2, 0.25) is 0 Å². The van der Waals surface area contributed by atoms with Gasteiger partial charge in [-0.05, 0) is 69.7 Å². The second-order valence-corrected chi connectivity index (χ2v) is 11.2. The second-order valence-electron chi connectivity index (χ2n) is 11.2. The van der Waals surface area contributed by atoms with E-state index in [9.17, 15) is 23.9 Å². The van der Waals surface area contributed by atoms with E-state index in [1.54, 1.807) is 33.8 Å². The van der Waals surface area contributed by atoms with Gasteiger partial charge in [-0.15, -0.1) is 0 Å². The number of anilines is 1. The molecular formula is C31H30F2N6O5. The summed E-state index contributed by atoms with van der Waals surface area (Å²) in [7, 11) is 0. The standard InChI is InChI=1S/C31H30F2N6O5/c1-17(2)38-15-21(29(41)39(30(38)42)20-8-6-19(32)7-9-20)23(40)14-18-5-10-24(22(33)13-18)44-25-11-12-34-27-26(25)28(37-36-27)35-16-31(3,4)43/h5-13,15,17,43H,14,16H2,1-4H3,(H2,34,35,36,37). The molecule has 0 unspecified atom stereocenters. The highest BCUT2D eigenvalue weighted by atomic mass is 19.1. The average molecular weight is 605 g/mol. The molecule has 3 heterocycles. The molecule has 13 heteroatoms. The van der Waals surface area contributed by atoms with E-state index in [1.165, 1.54) is 41.2 Å². The molecule has 0 bridgehead atoms. The lowest BCUT2D eigenvalue weighted by atomic mass is 10.0. The van der Waals surface area contributed by atoms with E-state index in [0.717, 1.165) is 22.8 Å². The zero-order chi connectivity index (χ0) is 31.8. The first-order valence-electron chi connectivity index (χ1n) is 13.8. The minimum atomic E-state index is -1.02. The SMILES string of the molecule is CC(C)n1cc(C(=O)Cc2ccc(Oc3ccnc4[nH]nc(NCC(C)(C)O)c34)c(F)c2)c(=O)n(-c2ccc(F)cc2)c1=O. The molecule has 0 aliphatic carbocycles. The summed E-state index contributed by atoms with van der Waals surface area (Å²) in [6.45, 7) is 6.89. The van der Waals surface area contributed by atoms with E-state index in [1.807, 2.05) is 0 Å². The second kappa shape index (κ2) is 11.8. The van der Waals surface area contributed by atoms with Gasteiger partial charge in [0.1, 0.15) is 22.5 Å². The van der Waals surface area contributed by atoms with Crippen LogP contribution in [-0.4, -0.2) is 47.4 Å². The highest BCUT2D eigenvalue weighted by Gasteiger charge is 2.22. The number of Topliss-reactive ketones (excluding diaryl/α,β-unsaturated/α-hetero) is 1. The van der Waals surface area contributed by atoms with Crippen LogP contribution in [0.4, 0.5) is 14.6 Å². The van der Waals surface area contributed by atoms with Gasteiger partial charge in [0.25, 0.3) is 5.56 Å². The Kier molecular flexibility index (Phi) is 8.15. The fourth-order valence-electron chi connectivity index (χ4n) is 4.52. The van der Waals surface area contributed by atoms with E-state index in [0.29, 0.717) is 16.9 Å². The number of hydrogen-bond donors (Lipinski definition) is 3. The molecule has 0 radical (unpaired) electrons. The number of ketones is 1. The van der Waals surface area contributed by atoms with Crippen LogP contribution in [0.3, 0.4) is 0 Å². The molecule has 0 saturated heterocycles. The number of nitrogens with one attached hydrogen (secondary N) is 2. The van der Waals surface area contributed by atoms with Gasteiger partial charge in [0, 0.05) is 37.5 Å².